The van der Waals surface area contributed by atoms with Crippen LogP contribution in [0.15, 0.2) is 16.9 Å². The van der Waals surface area contributed by atoms with Crippen molar-refractivity contribution < 1.29 is 14.2 Å². The summed E-state index contributed by atoms with van der Waals surface area (Å²) in [5.41, 5.74) is 2.03. The number of ether oxygens (including phenoxy) is 3. The first kappa shape index (κ1) is 16.4. The number of hydrogen-bond donors (Lipinski definition) is 1. The monoisotopic (exact) mass is 382 g/mol. The van der Waals surface area contributed by atoms with Gasteiger partial charge in [-0.1, -0.05) is 6.08 Å². The molecule has 0 spiro atoms. The van der Waals surface area contributed by atoms with Crippen LogP contribution >= 0.6 is 11.3 Å². The van der Waals surface area contributed by atoms with Gasteiger partial charge >= 0.3 is 0 Å². The molecule has 1 aliphatic heterocycles. The van der Waals surface area contributed by atoms with E-state index in [2.05, 4.69) is 9.97 Å². The molecule has 0 fully saturated rings. The van der Waals surface area contributed by atoms with Crippen molar-refractivity contribution in [3.8, 4) is 17.2 Å². The lowest BCUT2D eigenvalue weighted by molar-refractivity contribution is 0.171. The number of nitrogens with zero attached hydrogens (tertiary/aromatic N) is 1. The molecule has 0 atom stereocenters. The lowest BCUT2D eigenvalue weighted by Gasteiger charge is -2.09. The van der Waals surface area contributed by atoms with Crippen LogP contribution in [0.3, 0.4) is 0 Å². The second kappa shape index (κ2) is 6.42. The first-order chi connectivity index (χ1) is 13.2. The number of aromatic nitrogens is 2. The van der Waals surface area contributed by atoms with Crippen LogP contribution < -0.4 is 19.8 Å². The molecule has 1 aromatic carbocycles. The molecule has 27 heavy (non-hydrogen) atoms. The fourth-order valence-corrected chi connectivity index (χ4v) is 4.95. The molecule has 0 saturated heterocycles. The minimum Gasteiger partial charge on any atom is -0.493 e. The summed E-state index contributed by atoms with van der Waals surface area (Å²) in [6.07, 6.45) is 8.05. The van der Waals surface area contributed by atoms with Crippen LogP contribution in [0.1, 0.15) is 34.7 Å². The summed E-state index contributed by atoms with van der Waals surface area (Å²) in [5, 5.41) is 0.775. The van der Waals surface area contributed by atoms with E-state index in [1.165, 1.54) is 16.9 Å². The van der Waals surface area contributed by atoms with E-state index < -0.39 is 0 Å². The SMILES string of the molecule is COc1cc(/C=C/c2nc3sc4c(c3c(=O)[nH]2)CCCC4)cc2c1OCO2. The molecule has 3 heterocycles. The Morgan fingerprint density at radius 1 is 1.22 bits per heavy atom. The Balaban J connectivity index is 1.52. The molecule has 3 aromatic rings. The molecular formula is C20H18N2O4S. The minimum absolute atomic E-state index is 0.0534. The highest BCUT2D eigenvalue weighted by Crippen LogP contribution is 2.42. The largest absolute Gasteiger partial charge is 0.493 e. The Hall–Kier alpha value is -2.80. The van der Waals surface area contributed by atoms with Gasteiger partial charge in [0, 0.05) is 4.88 Å². The first-order valence-electron chi connectivity index (χ1n) is 8.93. The number of fused-ring (bicyclic) bond motifs is 4. The molecule has 0 radical (unpaired) electrons. The van der Waals surface area contributed by atoms with Gasteiger partial charge in [-0.2, -0.15) is 0 Å². The Bertz CT molecular complexity index is 1130. The van der Waals surface area contributed by atoms with Crippen LogP contribution in [0.5, 0.6) is 17.2 Å². The first-order valence-corrected chi connectivity index (χ1v) is 9.75. The van der Waals surface area contributed by atoms with Gasteiger partial charge in [0.1, 0.15) is 10.7 Å². The molecule has 2 aliphatic rings. The quantitative estimate of drug-likeness (QED) is 0.746. The van der Waals surface area contributed by atoms with Crippen LogP contribution in [-0.2, 0) is 12.8 Å². The number of methoxy groups -OCH3 is 1. The number of benzene rings is 1. The maximum atomic E-state index is 12.6. The number of aryl methyl sites for hydroxylation is 2. The van der Waals surface area contributed by atoms with E-state index in [0.717, 1.165) is 35.0 Å². The van der Waals surface area contributed by atoms with Crippen molar-refractivity contribution in [1.29, 1.82) is 0 Å². The van der Waals surface area contributed by atoms with Crippen LogP contribution in [0.25, 0.3) is 22.4 Å². The Kier molecular flexibility index (Phi) is 3.89. The van der Waals surface area contributed by atoms with E-state index in [1.807, 2.05) is 18.2 Å². The van der Waals surface area contributed by atoms with Gasteiger partial charge in [-0.3, -0.25) is 4.79 Å². The third kappa shape index (κ3) is 2.78. The van der Waals surface area contributed by atoms with Gasteiger partial charge in [-0.15, -0.1) is 11.3 Å². The number of hydrogen-bond acceptors (Lipinski definition) is 6. The van der Waals surface area contributed by atoms with Crippen molar-refractivity contribution in [2.24, 2.45) is 0 Å². The van der Waals surface area contributed by atoms with Crippen molar-refractivity contribution in [1.82, 2.24) is 9.97 Å². The lowest BCUT2D eigenvalue weighted by Crippen LogP contribution is -2.11. The van der Waals surface area contributed by atoms with Gasteiger partial charge in [-0.25, -0.2) is 4.98 Å². The molecule has 2 aromatic heterocycles. The summed E-state index contributed by atoms with van der Waals surface area (Å²) >= 11 is 1.65. The molecule has 5 rings (SSSR count). The molecule has 7 heteroatoms. The van der Waals surface area contributed by atoms with E-state index in [-0.39, 0.29) is 12.4 Å². The summed E-state index contributed by atoms with van der Waals surface area (Å²) in [6, 6.07) is 3.74. The predicted octanol–water partition coefficient (Wildman–Crippen LogP) is 3.77. The van der Waals surface area contributed by atoms with E-state index in [4.69, 9.17) is 14.2 Å². The molecule has 138 valence electrons. The van der Waals surface area contributed by atoms with E-state index in [9.17, 15) is 4.79 Å². The zero-order valence-corrected chi connectivity index (χ0v) is 15.6. The molecule has 0 bridgehead atoms. The zero-order chi connectivity index (χ0) is 18.4. The Morgan fingerprint density at radius 3 is 3.00 bits per heavy atom. The fraction of sp³-hybridized carbons (Fsp3) is 0.300. The zero-order valence-electron chi connectivity index (χ0n) is 14.8. The van der Waals surface area contributed by atoms with Crippen LogP contribution in [0.4, 0.5) is 0 Å². The number of nitrogens with one attached hydrogen (secondary N) is 1. The average Bonchev–Trinajstić information content (AvgIpc) is 3.29. The molecule has 1 aliphatic carbocycles. The molecular weight excluding hydrogens is 364 g/mol. The van der Waals surface area contributed by atoms with Gasteiger partial charge in [0.25, 0.3) is 5.56 Å². The topological polar surface area (TPSA) is 73.4 Å². The Morgan fingerprint density at radius 2 is 2.11 bits per heavy atom. The lowest BCUT2D eigenvalue weighted by atomic mass is 9.97. The van der Waals surface area contributed by atoms with Crippen molar-refractivity contribution >= 4 is 33.7 Å². The third-order valence-electron chi connectivity index (χ3n) is 4.96. The summed E-state index contributed by atoms with van der Waals surface area (Å²) in [4.78, 5) is 22.3. The highest BCUT2D eigenvalue weighted by Gasteiger charge is 2.20. The normalized spacial score (nSPS) is 15.4. The maximum absolute atomic E-state index is 12.6. The number of aromatic amines is 1. The average molecular weight is 382 g/mol. The standard InChI is InChI=1S/C20H18N2O4S/c1-24-13-8-11(9-14-18(13)26-10-25-14)6-7-16-21-19(23)17-12-4-2-3-5-15(12)27-20(17)22-16/h6-9H,2-5,10H2,1H3,(H,21,22,23)/b7-6+. The smallest absolute Gasteiger partial charge is 0.260 e. The maximum Gasteiger partial charge on any atom is 0.260 e. The molecule has 1 N–H and O–H groups in total. The number of H-pyrrole nitrogens is 1. The summed E-state index contributed by atoms with van der Waals surface area (Å²) in [7, 11) is 1.59. The van der Waals surface area contributed by atoms with E-state index in [1.54, 1.807) is 24.5 Å². The number of rotatable bonds is 3. The van der Waals surface area contributed by atoms with Crippen LogP contribution in [0, 0.1) is 0 Å². The van der Waals surface area contributed by atoms with Crippen molar-refractivity contribution in [3.63, 3.8) is 0 Å². The summed E-state index contributed by atoms with van der Waals surface area (Å²) < 4.78 is 16.2. The minimum atomic E-state index is -0.0534. The third-order valence-corrected chi connectivity index (χ3v) is 6.14. The van der Waals surface area contributed by atoms with Gasteiger partial charge in [0.15, 0.2) is 11.5 Å². The van der Waals surface area contributed by atoms with Crippen molar-refractivity contribution in [2.75, 3.05) is 13.9 Å². The molecule has 0 saturated carbocycles. The van der Waals surface area contributed by atoms with Crippen molar-refractivity contribution in [2.45, 2.75) is 25.7 Å². The fourth-order valence-electron chi connectivity index (χ4n) is 3.68. The van der Waals surface area contributed by atoms with E-state index >= 15 is 0 Å². The second-order valence-electron chi connectivity index (χ2n) is 6.63. The molecule has 6 nitrogen and oxygen atoms in total. The predicted molar refractivity (Wildman–Crippen MR) is 105 cm³/mol. The van der Waals surface area contributed by atoms with Crippen LogP contribution in [0.2, 0.25) is 0 Å². The second-order valence-corrected chi connectivity index (χ2v) is 7.72. The van der Waals surface area contributed by atoms with Crippen LogP contribution in [-0.4, -0.2) is 23.9 Å². The van der Waals surface area contributed by atoms with Gasteiger partial charge in [-0.05, 0) is 55.0 Å². The summed E-state index contributed by atoms with van der Waals surface area (Å²) in [6.45, 7) is 0.188. The highest BCUT2D eigenvalue weighted by atomic mass is 32.1. The molecule has 0 amide bonds. The molecule has 0 unspecified atom stereocenters. The van der Waals surface area contributed by atoms with Gasteiger partial charge in [0.2, 0.25) is 12.5 Å². The highest BCUT2D eigenvalue weighted by molar-refractivity contribution is 7.18. The van der Waals surface area contributed by atoms with E-state index in [0.29, 0.717) is 23.1 Å². The number of thiophene rings is 1. The summed E-state index contributed by atoms with van der Waals surface area (Å²) in [5.74, 6) is 2.43. The van der Waals surface area contributed by atoms with Gasteiger partial charge < -0.3 is 19.2 Å². The van der Waals surface area contributed by atoms with Gasteiger partial charge in [0.05, 0.1) is 12.5 Å². The Labute approximate surface area is 159 Å². The van der Waals surface area contributed by atoms with Crippen molar-refractivity contribution in [3.05, 3.63) is 44.3 Å².